The first-order chi connectivity index (χ1) is 25.6. The molecule has 4 aromatic rings. The minimum Gasteiger partial charge on any atom is -0.493 e. The van der Waals surface area contributed by atoms with Crippen molar-refractivity contribution in [3.8, 4) is 45.6 Å². The third kappa shape index (κ3) is 9.20. The van der Waals surface area contributed by atoms with Crippen molar-refractivity contribution in [2.75, 3.05) is 67.1 Å². The first kappa shape index (κ1) is 34.0. The lowest BCUT2D eigenvalue weighted by Gasteiger charge is -2.20. The van der Waals surface area contributed by atoms with Crippen LogP contribution in [0.1, 0.15) is 11.1 Å². The van der Waals surface area contributed by atoms with Gasteiger partial charge in [0.15, 0.2) is 23.0 Å². The molecular weight excluding hydrogens is 668 g/mol. The van der Waals surface area contributed by atoms with Crippen LogP contribution in [0.25, 0.3) is 11.1 Å². The van der Waals surface area contributed by atoms with Gasteiger partial charge in [-0.05, 0) is 83.9 Å². The Bertz CT molecular complexity index is 1760. The molecule has 0 saturated carbocycles. The number of rotatable bonds is 19. The van der Waals surface area contributed by atoms with Gasteiger partial charge in [0.25, 0.3) is 0 Å². The summed E-state index contributed by atoms with van der Waals surface area (Å²) in [4.78, 5) is 9.51. The average Bonchev–Trinajstić information content (AvgIpc) is 3.99. The van der Waals surface area contributed by atoms with Crippen molar-refractivity contribution < 1.29 is 47.4 Å². The molecule has 4 aromatic carbocycles. The number of hydrogen-bond acceptors (Lipinski definition) is 12. The fraction of sp³-hybridized carbons (Fsp3) is 0.350. The molecule has 0 spiro atoms. The fourth-order valence-electron chi connectivity index (χ4n) is 5.34. The van der Waals surface area contributed by atoms with E-state index in [0.717, 1.165) is 58.3 Å². The molecule has 4 aliphatic heterocycles. The van der Waals surface area contributed by atoms with Gasteiger partial charge < -0.3 is 47.4 Å². The summed E-state index contributed by atoms with van der Waals surface area (Å²) in [5, 5.41) is 0. The minimum atomic E-state index is 0.0251. The SMILES string of the molecule is COc1cc(C=Nc2ccc(OCC3CO3)cc2)cc(-c2cc(C=Nc3ccc(OCC4CO4)cc3)cc(OC)c2OCC2CO2)c1OCC1CO1. The number of hydrogen-bond donors (Lipinski definition) is 0. The van der Waals surface area contributed by atoms with E-state index in [2.05, 4.69) is 0 Å². The Morgan fingerprint density at radius 3 is 1.19 bits per heavy atom. The predicted octanol–water partition coefficient (Wildman–Crippen LogP) is 5.98. The molecule has 4 atom stereocenters. The number of nitrogens with zero attached hydrogens (tertiary/aromatic N) is 2. The number of ether oxygens (including phenoxy) is 10. The molecule has 12 nitrogen and oxygen atoms in total. The van der Waals surface area contributed by atoms with Crippen LogP contribution in [0.15, 0.2) is 82.8 Å². The van der Waals surface area contributed by atoms with Crippen molar-refractivity contribution >= 4 is 23.8 Å². The van der Waals surface area contributed by atoms with Crippen LogP contribution in [0.2, 0.25) is 0 Å². The molecule has 270 valence electrons. The van der Waals surface area contributed by atoms with Crippen molar-refractivity contribution in [1.82, 2.24) is 0 Å². The lowest BCUT2D eigenvalue weighted by atomic mass is 9.97. The van der Waals surface area contributed by atoms with Crippen LogP contribution in [0.4, 0.5) is 11.4 Å². The summed E-state index contributed by atoms with van der Waals surface area (Å²) < 4.78 is 57.6. The zero-order chi connectivity index (χ0) is 35.3. The summed E-state index contributed by atoms with van der Waals surface area (Å²) in [5.74, 6) is 3.71. The van der Waals surface area contributed by atoms with Crippen LogP contribution in [-0.2, 0) is 18.9 Å². The number of aliphatic imine (C=N–C) groups is 2. The summed E-state index contributed by atoms with van der Waals surface area (Å²) in [6.07, 6.45) is 4.02. The lowest BCUT2D eigenvalue weighted by molar-refractivity contribution is 0.250. The van der Waals surface area contributed by atoms with Crippen molar-refractivity contribution in [1.29, 1.82) is 0 Å². The molecule has 4 aliphatic rings. The Morgan fingerprint density at radius 1 is 0.519 bits per heavy atom. The first-order valence-corrected chi connectivity index (χ1v) is 17.3. The number of methoxy groups -OCH3 is 2. The highest BCUT2D eigenvalue weighted by Crippen LogP contribution is 2.47. The van der Waals surface area contributed by atoms with Gasteiger partial charge in [-0.3, -0.25) is 9.98 Å². The van der Waals surface area contributed by atoms with E-state index >= 15 is 0 Å². The summed E-state index contributed by atoms with van der Waals surface area (Å²) in [7, 11) is 3.24. The normalized spacial score (nSPS) is 21.2. The molecule has 4 heterocycles. The smallest absolute Gasteiger partial charge is 0.169 e. The first-order valence-electron chi connectivity index (χ1n) is 17.3. The summed E-state index contributed by atoms with van der Waals surface area (Å²) in [6, 6.07) is 23.0. The van der Waals surface area contributed by atoms with Gasteiger partial charge in [-0.1, -0.05) is 0 Å². The van der Waals surface area contributed by atoms with E-state index in [1.165, 1.54) is 0 Å². The molecule has 0 bridgehead atoms. The highest BCUT2D eigenvalue weighted by atomic mass is 16.6. The summed E-state index contributed by atoms with van der Waals surface area (Å²) >= 11 is 0. The van der Waals surface area contributed by atoms with Crippen molar-refractivity contribution in [3.05, 3.63) is 83.9 Å². The van der Waals surface area contributed by atoms with E-state index in [-0.39, 0.29) is 24.4 Å². The van der Waals surface area contributed by atoms with Crippen molar-refractivity contribution in [2.45, 2.75) is 24.4 Å². The van der Waals surface area contributed by atoms with E-state index in [0.29, 0.717) is 62.6 Å². The van der Waals surface area contributed by atoms with Crippen molar-refractivity contribution in [2.24, 2.45) is 9.98 Å². The van der Waals surface area contributed by atoms with E-state index in [1.54, 1.807) is 26.6 Å². The Hall–Kier alpha value is -5.14. The Balaban J connectivity index is 1.13. The highest BCUT2D eigenvalue weighted by Gasteiger charge is 2.29. The zero-order valence-corrected chi connectivity index (χ0v) is 29.0. The molecule has 4 fully saturated rings. The minimum absolute atomic E-state index is 0.0251. The molecule has 0 radical (unpaired) electrons. The van der Waals surface area contributed by atoms with Gasteiger partial charge in [-0.25, -0.2) is 0 Å². The fourth-order valence-corrected chi connectivity index (χ4v) is 5.34. The second-order valence-electron chi connectivity index (χ2n) is 12.8. The molecule has 12 heteroatoms. The van der Waals surface area contributed by atoms with Crippen LogP contribution in [-0.4, -0.2) is 104 Å². The molecule has 0 amide bonds. The maximum absolute atomic E-state index is 6.41. The van der Waals surface area contributed by atoms with Crippen molar-refractivity contribution in [3.63, 3.8) is 0 Å². The van der Waals surface area contributed by atoms with Gasteiger partial charge in [-0.2, -0.15) is 0 Å². The summed E-state index contributed by atoms with van der Waals surface area (Å²) in [5.41, 5.74) is 4.58. The molecule has 4 unspecified atom stereocenters. The van der Waals surface area contributed by atoms with E-state index in [1.807, 2.05) is 72.8 Å². The van der Waals surface area contributed by atoms with Gasteiger partial charge in [-0.15, -0.1) is 0 Å². The van der Waals surface area contributed by atoms with Gasteiger partial charge in [0.1, 0.15) is 62.3 Å². The second kappa shape index (κ2) is 15.6. The number of epoxide rings is 4. The topological polar surface area (TPSA) is 130 Å². The molecule has 0 aromatic heterocycles. The average molecular weight is 709 g/mol. The van der Waals surface area contributed by atoms with Gasteiger partial charge in [0, 0.05) is 23.6 Å². The number of benzene rings is 4. The third-order valence-corrected chi connectivity index (χ3v) is 8.59. The monoisotopic (exact) mass is 708 g/mol. The molecule has 0 N–H and O–H groups in total. The maximum atomic E-state index is 6.41. The lowest BCUT2D eigenvalue weighted by Crippen LogP contribution is -2.09. The molecule has 0 aliphatic carbocycles. The van der Waals surface area contributed by atoms with Gasteiger partial charge in [0.2, 0.25) is 0 Å². The third-order valence-electron chi connectivity index (χ3n) is 8.59. The molecule has 52 heavy (non-hydrogen) atoms. The Labute approximate surface area is 301 Å². The van der Waals surface area contributed by atoms with Crippen LogP contribution >= 0.6 is 0 Å². The quantitative estimate of drug-likeness (QED) is 0.0847. The summed E-state index contributed by atoms with van der Waals surface area (Å²) in [6.45, 7) is 4.64. The Kier molecular flexibility index (Phi) is 10.2. The second-order valence-corrected chi connectivity index (χ2v) is 12.8. The zero-order valence-electron chi connectivity index (χ0n) is 29.0. The molecule has 8 rings (SSSR count). The Morgan fingerprint density at radius 2 is 0.865 bits per heavy atom. The maximum Gasteiger partial charge on any atom is 0.169 e. The van der Waals surface area contributed by atoms with Crippen LogP contribution in [0, 0.1) is 0 Å². The highest BCUT2D eigenvalue weighted by molar-refractivity contribution is 5.93. The van der Waals surface area contributed by atoms with Gasteiger partial charge >= 0.3 is 0 Å². The van der Waals surface area contributed by atoms with Crippen LogP contribution in [0.3, 0.4) is 0 Å². The van der Waals surface area contributed by atoms with E-state index in [9.17, 15) is 0 Å². The standard InChI is InChI=1S/C40H40N2O10/c1-43-37-13-25(15-41-27-3-7-29(8-4-27)45-17-31-19-47-31)11-35(39(37)51-23-33-21-49-33)36-12-26(14-38(44-2)40(36)52-24-34-22-50-34)16-42-28-5-9-30(10-6-28)46-18-32-20-48-32/h3-16,31-34H,17-24H2,1-2H3. The van der Waals surface area contributed by atoms with E-state index < -0.39 is 0 Å². The largest absolute Gasteiger partial charge is 0.493 e. The van der Waals surface area contributed by atoms with Crippen LogP contribution in [0.5, 0.6) is 34.5 Å². The molecular formula is C40H40N2O10. The van der Waals surface area contributed by atoms with Crippen LogP contribution < -0.4 is 28.4 Å². The predicted molar refractivity (Wildman–Crippen MR) is 193 cm³/mol. The van der Waals surface area contributed by atoms with E-state index in [4.69, 9.17) is 57.4 Å². The molecule has 4 saturated heterocycles. The van der Waals surface area contributed by atoms with Gasteiger partial charge in [0.05, 0.1) is 52.0 Å².